The second-order valence-corrected chi connectivity index (χ2v) is 13.1. The third-order valence-corrected chi connectivity index (χ3v) is 10.2. The summed E-state index contributed by atoms with van der Waals surface area (Å²) in [5, 5.41) is 0. The summed E-state index contributed by atoms with van der Waals surface area (Å²) in [6.07, 6.45) is 10.5. The molecule has 3 nitrogen and oxygen atoms in total. The van der Waals surface area contributed by atoms with Gasteiger partial charge in [-0.25, -0.2) is 0 Å². The Balaban J connectivity index is 0.000000261. The normalized spacial score (nSPS) is 16.3. The number of aromatic nitrogens is 1. The molecule has 2 aromatic carbocycles. The second kappa shape index (κ2) is 16.6. The quantitative estimate of drug-likeness (QED) is 0.193. The van der Waals surface area contributed by atoms with Gasteiger partial charge in [-0.1, -0.05) is 64.8 Å². The molecule has 0 radical (unpaired) electrons. The monoisotopic (exact) mass is 716 g/mol. The van der Waals surface area contributed by atoms with E-state index in [1.165, 1.54) is 59.7 Å². The Morgan fingerprint density at radius 3 is 1.17 bits per heavy atom. The van der Waals surface area contributed by atoms with Gasteiger partial charge in [0.05, 0.1) is 11.4 Å². The molecular formula is C43H52N3Pd-. The van der Waals surface area contributed by atoms with Crippen LogP contribution in [-0.2, 0) is 31.6 Å². The van der Waals surface area contributed by atoms with Gasteiger partial charge in [-0.15, -0.1) is 11.4 Å². The molecule has 47 heavy (non-hydrogen) atoms. The predicted molar refractivity (Wildman–Crippen MR) is 201 cm³/mol. The van der Waals surface area contributed by atoms with Crippen molar-refractivity contribution >= 4 is 27.6 Å². The SMILES string of the molecule is CCC1=C(CC)C(C)=NC1=Cc1[n-]c(C=C2N=C(C)C(CC)=C2CC)c(CC)c1CC.Cc1ccc([C](=[Pd])c2ccc(C)cc2)cc1. The van der Waals surface area contributed by atoms with Crippen molar-refractivity contribution in [3.05, 3.63) is 127 Å². The standard InChI is InChI=1S/C28H38N3.C15H14.Pd/c1-9-19-17(7)29-25(21(19)11-3)15-27-23(13-5)24(14-6)28(31-27)16-26-22(12-4)20(10-2)18(8)30-26;1-12-3-7-14(8-4-12)11-15-9-5-13(2)6-10-15;/h15-16H,9-14H2,1-8H3;3-10H,1-2H3;/q-1;;. The van der Waals surface area contributed by atoms with Gasteiger partial charge in [-0.2, -0.15) is 0 Å². The molecule has 0 N–H and O–H groups in total. The maximum absolute atomic E-state index is 5.13. The van der Waals surface area contributed by atoms with Crippen molar-refractivity contribution in [1.82, 2.24) is 4.98 Å². The van der Waals surface area contributed by atoms with Crippen LogP contribution in [0.2, 0.25) is 0 Å². The minimum absolute atomic E-state index is 0.978. The van der Waals surface area contributed by atoms with Gasteiger partial charge in [0.15, 0.2) is 0 Å². The molecule has 0 spiro atoms. The van der Waals surface area contributed by atoms with Crippen molar-refractivity contribution in [2.75, 3.05) is 0 Å². The van der Waals surface area contributed by atoms with E-state index in [-0.39, 0.29) is 0 Å². The van der Waals surface area contributed by atoms with Gasteiger partial charge >= 0.3 is 107 Å². The zero-order valence-electron chi connectivity index (χ0n) is 30.2. The van der Waals surface area contributed by atoms with Crippen LogP contribution in [0.25, 0.3) is 12.2 Å². The van der Waals surface area contributed by atoms with Gasteiger partial charge in [-0.05, 0) is 74.7 Å². The number of nitrogens with zero attached hydrogens (tertiary/aromatic N) is 3. The van der Waals surface area contributed by atoms with E-state index in [0.717, 1.165) is 72.7 Å². The van der Waals surface area contributed by atoms with Crippen LogP contribution in [0.4, 0.5) is 0 Å². The van der Waals surface area contributed by atoms with Gasteiger partial charge < -0.3 is 4.98 Å². The Kier molecular flexibility index (Phi) is 12.8. The van der Waals surface area contributed by atoms with Crippen molar-refractivity contribution < 1.29 is 18.7 Å². The number of benzene rings is 2. The van der Waals surface area contributed by atoms with E-state index in [1.54, 1.807) is 0 Å². The first-order chi connectivity index (χ1) is 22.6. The van der Waals surface area contributed by atoms with Crippen LogP contribution in [0.1, 0.15) is 126 Å². The molecule has 250 valence electrons. The molecule has 1 aromatic heterocycles. The Morgan fingerprint density at radius 2 is 0.872 bits per heavy atom. The van der Waals surface area contributed by atoms with E-state index in [1.807, 2.05) is 0 Å². The van der Waals surface area contributed by atoms with E-state index in [0.29, 0.717) is 0 Å². The summed E-state index contributed by atoms with van der Waals surface area (Å²) >= 11 is 3.36. The zero-order valence-corrected chi connectivity index (χ0v) is 31.7. The van der Waals surface area contributed by atoms with E-state index in [9.17, 15) is 0 Å². The Hall–Kier alpha value is -3.45. The number of rotatable bonds is 10. The molecule has 2 aliphatic rings. The molecule has 3 aromatic rings. The van der Waals surface area contributed by atoms with E-state index >= 15 is 0 Å². The zero-order chi connectivity index (χ0) is 34.2. The predicted octanol–water partition coefficient (Wildman–Crippen LogP) is 11.1. The number of hydrogen-bond acceptors (Lipinski definition) is 2. The molecule has 0 aliphatic carbocycles. The number of aliphatic imine (C=N–C) groups is 2. The molecule has 0 fully saturated rings. The van der Waals surface area contributed by atoms with E-state index < -0.39 is 0 Å². The topological polar surface area (TPSA) is 38.8 Å². The van der Waals surface area contributed by atoms with Gasteiger partial charge in [-0.3, -0.25) is 9.98 Å². The molecule has 5 rings (SSSR count). The van der Waals surface area contributed by atoms with Crippen LogP contribution in [0.5, 0.6) is 0 Å². The summed E-state index contributed by atoms with van der Waals surface area (Å²) in [6.45, 7) is 21.8. The number of hydrogen-bond donors (Lipinski definition) is 0. The van der Waals surface area contributed by atoms with Gasteiger partial charge in [0, 0.05) is 11.4 Å². The van der Waals surface area contributed by atoms with Gasteiger partial charge in [0.2, 0.25) is 0 Å². The summed E-state index contributed by atoms with van der Waals surface area (Å²) in [7, 11) is 0. The van der Waals surface area contributed by atoms with Crippen LogP contribution in [0.15, 0.2) is 92.2 Å². The Morgan fingerprint density at radius 1 is 0.532 bits per heavy atom. The van der Waals surface area contributed by atoms with E-state index in [2.05, 4.69) is 149 Å². The molecule has 0 saturated heterocycles. The van der Waals surface area contributed by atoms with Crippen molar-refractivity contribution in [3.63, 3.8) is 0 Å². The number of allylic oxidation sites excluding steroid dienone is 4. The fourth-order valence-corrected chi connectivity index (χ4v) is 7.27. The molecule has 0 bridgehead atoms. The van der Waals surface area contributed by atoms with Crippen LogP contribution >= 0.6 is 0 Å². The van der Waals surface area contributed by atoms with Crippen molar-refractivity contribution in [2.45, 2.75) is 108 Å². The Labute approximate surface area is 294 Å². The molecular weight excluding hydrogens is 665 g/mol. The first-order valence-corrected chi connectivity index (χ1v) is 18.2. The molecule has 2 aliphatic heterocycles. The fourth-order valence-electron chi connectivity index (χ4n) is 6.75. The Bertz CT molecular complexity index is 1670. The average Bonchev–Trinajstić information content (AvgIpc) is 3.69. The van der Waals surface area contributed by atoms with Crippen LogP contribution in [0.3, 0.4) is 0 Å². The van der Waals surface area contributed by atoms with Crippen molar-refractivity contribution in [3.8, 4) is 0 Å². The summed E-state index contributed by atoms with van der Waals surface area (Å²) in [6, 6.07) is 17.1. The first-order valence-electron chi connectivity index (χ1n) is 17.4. The average molecular weight is 717 g/mol. The molecule has 0 amide bonds. The summed E-state index contributed by atoms with van der Waals surface area (Å²) in [5.41, 5.74) is 20.0. The molecule has 3 heterocycles. The third-order valence-electron chi connectivity index (χ3n) is 9.26. The molecule has 0 saturated carbocycles. The van der Waals surface area contributed by atoms with Crippen molar-refractivity contribution in [2.24, 2.45) is 9.98 Å². The minimum atomic E-state index is 0.978. The summed E-state index contributed by atoms with van der Waals surface area (Å²) < 4.78 is 1.18. The van der Waals surface area contributed by atoms with Crippen molar-refractivity contribution in [1.29, 1.82) is 0 Å². The molecule has 4 heteroatoms. The van der Waals surface area contributed by atoms with Gasteiger partial charge in [0.1, 0.15) is 0 Å². The molecule has 0 atom stereocenters. The second-order valence-electron chi connectivity index (χ2n) is 12.3. The summed E-state index contributed by atoms with van der Waals surface area (Å²) in [5.74, 6) is 0. The van der Waals surface area contributed by atoms with Gasteiger partial charge in [0.25, 0.3) is 0 Å². The van der Waals surface area contributed by atoms with E-state index in [4.69, 9.17) is 15.0 Å². The van der Waals surface area contributed by atoms with Crippen LogP contribution < -0.4 is 4.98 Å². The van der Waals surface area contributed by atoms with Crippen LogP contribution in [0, 0.1) is 13.8 Å². The molecule has 0 unspecified atom stereocenters. The maximum atomic E-state index is 5.13. The fraction of sp³-hybridized carbons (Fsp3) is 0.372. The first kappa shape index (κ1) is 36.4. The third kappa shape index (κ3) is 8.17. The summed E-state index contributed by atoms with van der Waals surface area (Å²) in [4.78, 5) is 14.9. The number of aryl methyl sites for hydroxylation is 2. The van der Waals surface area contributed by atoms with Crippen LogP contribution in [-0.4, -0.2) is 15.4 Å².